The molecule has 4 rings (SSSR count). The fraction of sp³-hybridized carbons (Fsp3) is 0.381. The number of ketones is 1. The summed E-state index contributed by atoms with van der Waals surface area (Å²) in [6, 6.07) is 10.2. The van der Waals surface area contributed by atoms with Crippen molar-refractivity contribution in [1.82, 2.24) is 0 Å². The van der Waals surface area contributed by atoms with Gasteiger partial charge in [-0.15, -0.1) is 0 Å². The first-order chi connectivity index (χ1) is 11.9. The number of aliphatic hydroxyl groups is 2. The van der Waals surface area contributed by atoms with Crippen LogP contribution in [-0.2, 0) is 11.2 Å². The van der Waals surface area contributed by atoms with Gasteiger partial charge in [-0.05, 0) is 52.4 Å². The molecule has 0 amide bonds. The lowest BCUT2D eigenvalue weighted by Gasteiger charge is -2.44. The first-order valence-electron chi connectivity index (χ1n) is 8.62. The van der Waals surface area contributed by atoms with Crippen molar-refractivity contribution in [2.75, 3.05) is 13.7 Å². The molecular formula is C21H22O4. The number of fused-ring (bicyclic) bond motifs is 5. The maximum atomic E-state index is 12.2. The Balaban J connectivity index is 1.86. The second-order valence-electron chi connectivity index (χ2n) is 7.27. The second-order valence-corrected chi connectivity index (χ2v) is 7.27. The number of methoxy groups -OCH3 is 1. The summed E-state index contributed by atoms with van der Waals surface area (Å²) in [6.07, 6.45) is 3.70. The van der Waals surface area contributed by atoms with Crippen LogP contribution in [-0.4, -0.2) is 35.3 Å². The molecular weight excluding hydrogens is 316 g/mol. The van der Waals surface area contributed by atoms with Crippen LogP contribution in [0.2, 0.25) is 0 Å². The number of hydrogen-bond donors (Lipinski definition) is 2. The topological polar surface area (TPSA) is 66.8 Å². The van der Waals surface area contributed by atoms with E-state index in [2.05, 4.69) is 18.2 Å². The maximum Gasteiger partial charge on any atom is 0.190 e. The van der Waals surface area contributed by atoms with Crippen LogP contribution in [0.25, 0.3) is 16.3 Å². The van der Waals surface area contributed by atoms with Gasteiger partial charge in [0.25, 0.3) is 0 Å². The van der Waals surface area contributed by atoms with Crippen molar-refractivity contribution in [3.63, 3.8) is 0 Å². The number of aryl methyl sites for hydroxylation is 1. The molecule has 2 aliphatic carbocycles. The smallest absolute Gasteiger partial charge is 0.190 e. The zero-order valence-corrected chi connectivity index (χ0v) is 14.5. The van der Waals surface area contributed by atoms with Crippen LogP contribution in [0.1, 0.15) is 30.9 Å². The van der Waals surface area contributed by atoms with Crippen LogP contribution in [0.15, 0.2) is 36.4 Å². The number of hydrogen-bond acceptors (Lipinski definition) is 4. The Hall–Kier alpha value is -2.17. The van der Waals surface area contributed by atoms with Gasteiger partial charge < -0.3 is 14.9 Å². The molecule has 0 saturated carbocycles. The molecule has 2 atom stereocenters. The summed E-state index contributed by atoms with van der Waals surface area (Å²) in [6.45, 7) is 1.32. The van der Waals surface area contributed by atoms with Crippen LogP contribution < -0.4 is 4.74 Å². The molecule has 2 aliphatic rings. The van der Waals surface area contributed by atoms with E-state index in [-0.39, 0.29) is 6.42 Å². The van der Waals surface area contributed by atoms with E-state index in [9.17, 15) is 15.0 Å². The minimum atomic E-state index is -1.51. The highest BCUT2D eigenvalue weighted by Crippen LogP contribution is 2.57. The molecule has 4 nitrogen and oxygen atoms in total. The van der Waals surface area contributed by atoms with Crippen LogP contribution in [0.3, 0.4) is 0 Å². The molecule has 0 aromatic heterocycles. The highest BCUT2D eigenvalue weighted by atomic mass is 16.5. The lowest BCUT2D eigenvalue weighted by molar-refractivity contribution is -0.149. The van der Waals surface area contributed by atoms with E-state index in [1.807, 2.05) is 25.1 Å². The number of carbonyl (C=O) groups excluding carboxylic acids is 1. The largest absolute Gasteiger partial charge is 0.497 e. The van der Waals surface area contributed by atoms with Gasteiger partial charge in [-0.2, -0.15) is 0 Å². The van der Waals surface area contributed by atoms with Crippen LogP contribution in [0.5, 0.6) is 5.75 Å². The van der Waals surface area contributed by atoms with Crippen LogP contribution in [0, 0.1) is 5.41 Å². The number of rotatable bonds is 3. The predicted octanol–water partition coefficient (Wildman–Crippen LogP) is 2.88. The summed E-state index contributed by atoms with van der Waals surface area (Å²) in [4.78, 5) is 12.2. The van der Waals surface area contributed by atoms with Crippen molar-refractivity contribution in [2.45, 2.75) is 31.8 Å². The molecule has 2 aromatic rings. The Labute approximate surface area is 146 Å². The fourth-order valence-electron chi connectivity index (χ4n) is 4.62. The molecule has 2 aromatic carbocycles. The Kier molecular flexibility index (Phi) is 3.53. The van der Waals surface area contributed by atoms with Crippen molar-refractivity contribution in [3.05, 3.63) is 47.5 Å². The third-order valence-electron chi connectivity index (χ3n) is 6.22. The number of benzene rings is 2. The Morgan fingerprint density at radius 1 is 1.28 bits per heavy atom. The third-order valence-corrected chi connectivity index (χ3v) is 6.22. The molecule has 4 heteroatoms. The average Bonchev–Trinajstić information content (AvgIpc) is 2.92. The van der Waals surface area contributed by atoms with Crippen molar-refractivity contribution < 1.29 is 19.7 Å². The van der Waals surface area contributed by atoms with E-state index >= 15 is 0 Å². The molecule has 0 unspecified atom stereocenters. The monoisotopic (exact) mass is 338 g/mol. The number of carbonyl (C=O) groups is 1. The molecule has 0 heterocycles. The van der Waals surface area contributed by atoms with Crippen molar-refractivity contribution >= 4 is 22.1 Å². The lowest BCUT2D eigenvalue weighted by atomic mass is 9.62. The van der Waals surface area contributed by atoms with E-state index < -0.39 is 23.4 Å². The van der Waals surface area contributed by atoms with Gasteiger partial charge in [-0.25, -0.2) is 0 Å². The zero-order valence-electron chi connectivity index (χ0n) is 14.5. The molecule has 130 valence electrons. The van der Waals surface area contributed by atoms with E-state index in [1.54, 1.807) is 7.11 Å². The van der Waals surface area contributed by atoms with E-state index in [0.29, 0.717) is 6.42 Å². The third kappa shape index (κ3) is 2.04. The second kappa shape index (κ2) is 5.41. The van der Waals surface area contributed by atoms with Gasteiger partial charge in [-0.1, -0.05) is 31.2 Å². The summed E-state index contributed by atoms with van der Waals surface area (Å²) in [7, 11) is 1.66. The molecule has 0 fully saturated rings. The minimum absolute atomic E-state index is 0.262. The molecule has 2 N–H and O–H groups in total. The summed E-state index contributed by atoms with van der Waals surface area (Å²) in [5.41, 5.74) is 1.22. The van der Waals surface area contributed by atoms with Gasteiger partial charge in [0.05, 0.1) is 7.11 Å². The van der Waals surface area contributed by atoms with E-state index in [4.69, 9.17) is 4.74 Å². The van der Waals surface area contributed by atoms with E-state index in [0.717, 1.165) is 28.7 Å². The number of Topliss-reactive ketones (excluding diaryl/α,β-unsaturated/α-hetero) is 1. The minimum Gasteiger partial charge on any atom is -0.497 e. The molecule has 25 heavy (non-hydrogen) atoms. The van der Waals surface area contributed by atoms with Gasteiger partial charge in [0, 0.05) is 11.8 Å². The lowest BCUT2D eigenvalue weighted by Crippen LogP contribution is -2.52. The molecule has 0 spiro atoms. The first kappa shape index (κ1) is 16.3. The number of ether oxygens (including phenoxy) is 1. The molecule has 0 aliphatic heterocycles. The maximum absolute atomic E-state index is 12.2. The summed E-state index contributed by atoms with van der Waals surface area (Å²) in [5, 5.41) is 22.7. The average molecular weight is 338 g/mol. The van der Waals surface area contributed by atoms with Gasteiger partial charge in [0.15, 0.2) is 5.78 Å². The standard InChI is InChI=1S/C21H22O4/c1-20-9-7-16-15-6-4-14(25-2)11-13(15)3-5-17(16)18(20)8-10-21(20,24)19(23)12-22/h3-6,8,11,22,24H,7,9-10,12H2,1-2H3/t20-,21-/m0/s1. The number of aliphatic hydroxyl groups excluding tert-OH is 1. The predicted molar refractivity (Wildman–Crippen MR) is 96.6 cm³/mol. The van der Waals surface area contributed by atoms with Crippen molar-refractivity contribution in [2.24, 2.45) is 5.41 Å². The summed E-state index contributed by atoms with van der Waals surface area (Å²) < 4.78 is 5.31. The summed E-state index contributed by atoms with van der Waals surface area (Å²) >= 11 is 0. The normalized spacial score (nSPS) is 27.6. The Bertz CT molecular complexity index is 913. The fourth-order valence-corrected chi connectivity index (χ4v) is 4.62. The van der Waals surface area contributed by atoms with E-state index in [1.165, 1.54) is 10.9 Å². The van der Waals surface area contributed by atoms with Crippen molar-refractivity contribution in [3.8, 4) is 5.75 Å². The quantitative estimate of drug-likeness (QED) is 0.903. The molecule has 0 radical (unpaired) electrons. The van der Waals surface area contributed by atoms with Crippen LogP contribution >= 0.6 is 0 Å². The first-order valence-corrected chi connectivity index (χ1v) is 8.62. The van der Waals surface area contributed by atoms with Gasteiger partial charge >= 0.3 is 0 Å². The van der Waals surface area contributed by atoms with Crippen molar-refractivity contribution in [1.29, 1.82) is 0 Å². The molecule has 0 bridgehead atoms. The Morgan fingerprint density at radius 3 is 2.80 bits per heavy atom. The zero-order chi connectivity index (χ0) is 17.8. The highest BCUT2D eigenvalue weighted by Gasteiger charge is 2.57. The summed E-state index contributed by atoms with van der Waals surface area (Å²) in [5.74, 6) is 0.339. The Morgan fingerprint density at radius 2 is 2.08 bits per heavy atom. The van der Waals surface area contributed by atoms with Gasteiger partial charge in [-0.3, -0.25) is 4.79 Å². The SMILES string of the molecule is COc1ccc2c3c(ccc2c1)C1=CC[C@](O)(C(=O)CO)[C@@]1(C)CC3. The van der Waals surface area contributed by atoms with Gasteiger partial charge in [0.2, 0.25) is 0 Å². The molecule has 0 saturated heterocycles. The van der Waals surface area contributed by atoms with Crippen LogP contribution in [0.4, 0.5) is 0 Å². The highest BCUT2D eigenvalue weighted by molar-refractivity contribution is 5.98. The van der Waals surface area contributed by atoms with Gasteiger partial charge in [0.1, 0.15) is 18.0 Å².